The van der Waals surface area contributed by atoms with Gasteiger partial charge in [-0.05, 0) is 12.1 Å². The van der Waals surface area contributed by atoms with Gasteiger partial charge in [-0.2, -0.15) is 8.78 Å². The van der Waals surface area contributed by atoms with Crippen LogP contribution in [0.2, 0.25) is 0 Å². The van der Waals surface area contributed by atoms with Gasteiger partial charge in [0, 0.05) is 11.8 Å². The minimum absolute atomic E-state index is 0.103. The highest BCUT2D eigenvalue weighted by atomic mass is 19.3. The molecule has 0 saturated heterocycles. The largest absolute Gasteiger partial charge is 0.346 e. The minimum Gasteiger partial charge on any atom is -0.346 e. The Labute approximate surface area is 115 Å². The van der Waals surface area contributed by atoms with Crippen molar-refractivity contribution < 1.29 is 27.3 Å². The molecule has 4 N–H and O–H groups in total. The lowest BCUT2D eigenvalue weighted by molar-refractivity contribution is -0.385. The van der Waals surface area contributed by atoms with E-state index in [9.17, 15) is 32.5 Å². The predicted molar refractivity (Wildman–Crippen MR) is 64.2 cm³/mol. The average Bonchev–Trinajstić information content (AvgIpc) is 2.43. The van der Waals surface area contributed by atoms with Crippen molar-refractivity contribution in [2.75, 3.05) is 12.0 Å². The molecular formula is C10H10F4N4O3. The van der Waals surface area contributed by atoms with Gasteiger partial charge in [-0.15, -0.1) is 0 Å². The van der Waals surface area contributed by atoms with Gasteiger partial charge in [-0.3, -0.25) is 20.8 Å². The van der Waals surface area contributed by atoms with Crippen LogP contribution in [-0.2, 0) is 0 Å². The lowest BCUT2D eigenvalue weighted by Crippen LogP contribution is -2.41. The first-order valence-electron chi connectivity index (χ1n) is 5.38. The van der Waals surface area contributed by atoms with Gasteiger partial charge in [0.05, 0.1) is 11.5 Å². The first-order chi connectivity index (χ1) is 9.69. The van der Waals surface area contributed by atoms with Crippen LogP contribution >= 0.6 is 0 Å². The summed E-state index contributed by atoms with van der Waals surface area (Å²) in [5, 5.41) is 12.3. The van der Waals surface area contributed by atoms with E-state index in [0.717, 1.165) is 12.1 Å². The van der Waals surface area contributed by atoms with Gasteiger partial charge in [0.1, 0.15) is 5.56 Å². The summed E-state index contributed by atoms with van der Waals surface area (Å²) in [5.74, 6) is -0.672. The fraction of sp³-hybridized carbons (Fsp3) is 0.300. The highest BCUT2D eigenvalue weighted by Crippen LogP contribution is 2.24. The fourth-order valence-corrected chi connectivity index (χ4v) is 1.34. The summed E-state index contributed by atoms with van der Waals surface area (Å²) in [7, 11) is 0. The standard InChI is InChI=1S/C10H10F4N4O3/c11-9(12)10(13,14)4-16-8(19)6-3-5(17-15)1-2-7(6)18(20)21/h1-3,9,17H,4,15H2,(H,16,19). The first kappa shape index (κ1) is 16.6. The van der Waals surface area contributed by atoms with Crippen LogP contribution in [0.25, 0.3) is 0 Å². The van der Waals surface area contributed by atoms with E-state index < -0.39 is 41.0 Å². The van der Waals surface area contributed by atoms with Crippen LogP contribution in [0.3, 0.4) is 0 Å². The molecule has 1 rings (SSSR count). The maximum Gasteiger partial charge on any atom is 0.324 e. The highest BCUT2D eigenvalue weighted by Gasteiger charge is 2.41. The van der Waals surface area contributed by atoms with Gasteiger partial charge in [-0.1, -0.05) is 0 Å². The van der Waals surface area contributed by atoms with Crippen LogP contribution in [0.15, 0.2) is 18.2 Å². The van der Waals surface area contributed by atoms with Gasteiger partial charge in [0.25, 0.3) is 11.6 Å². The van der Waals surface area contributed by atoms with Crippen molar-refractivity contribution in [1.82, 2.24) is 5.32 Å². The van der Waals surface area contributed by atoms with Crippen molar-refractivity contribution in [2.45, 2.75) is 12.3 Å². The number of hydrazine groups is 1. The molecule has 1 amide bonds. The number of nitro benzene ring substituents is 1. The molecule has 21 heavy (non-hydrogen) atoms. The summed E-state index contributed by atoms with van der Waals surface area (Å²) in [6.45, 7) is -1.65. The Morgan fingerprint density at radius 3 is 2.52 bits per heavy atom. The van der Waals surface area contributed by atoms with E-state index in [1.165, 1.54) is 11.4 Å². The predicted octanol–water partition coefficient (Wildman–Crippen LogP) is 1.51. The van der Waals surface area contributed by atoms with E-state index >= 15 is 0 Å². The number of benzene rings is 1. The third-order valence-corrected chi connectivity index (χ3v) is 2.41. The molecule has 0 fully saturated rings. The molecule has 116 valence electrons. The second-order valence-electron chi connectivity index (χ2n) is 3.88. The van der Waals surface area contributed by atoms with Crippen molar-refractivity contribution in [3.05, 3.63) is 33.9 Å². The van der Waals surface area contributed by atoms with Gasteiger partial charge in [-0.25, -0.2) is 8.78 Å². The normalized spacial score (nSPS) is 11.3. The Morgan fingerprint density at radius 1 is 1.43 bits per heavy atom. The summed E-state index contributed by atoms with van der Waals surface area (Å²) in [6.07, 6.45) is -3.97. The molecule has 0 heterocycles. The number of halogens is 4. The van der Waals surface area contributed by atoms with E-state index in [1.54, 1.807) is 0 Å². The van der Waals surface area contributed by atoms with E-state index in [-0.39, 0.29) is 5.69 Å². The molecule has 0 aliphatic carbocycles. The monoisotopic (exact) mass is 310 g/mol. The van der Waals surface area contributed by atoms with E-state index in [0.29, 0.717) is 0 Å². The van der Waals surface area contributed by atoms with Crippen molar-refractivity contribution in [3.8, 4) is 0 Å². The first-order valence-corrected chi connectivity index (χ1v) is 5.38. The molecule has 0 aliphatic rings. The topological polar surface area (TPSA) is 110 Å². The summed E-state index contributed by atoms with van der Waals surface area (Å²) >= 11 is 0. The Kier molecular flexibility index (Phi) is 5.02. The molecular weight excluding hydrogens is 300 g/mol. The minimum atomic E-state index is -4.44. The molecule has 1 aromatic rings. The molecule has 1 aromatic carbocycles. The molecule has 0 spiro atoms. The third-order valence-electron chi connectivity index (χ3n) is 2.41. The molecule has 0 atom stereocenters. The number of anilines is 1. The van der Waals surface area contributed by atoms with Crippen LogP contribution < -0.4 is 16.6 Å². The number of hydrogen-bond donors (Lipinski definition) is 3. The number of nitrogens with one attached hydrogen (secondary N) is 2. The van der Waals surface area contributed by atoms with Crippen molar-refractivity contribution in [3.63, 3.8) is 0 Å². The van der Waals surface area contributed by atoms with Gasteiger partial charge in [0.2, 0.25) is 0 Å². The Bertz CT molecular complexity index is 553. The van der Waals surface area contributed by atoms with Crippen molar-refractivity contribution in [1.29, 1.82) is 0 Å². The number of nitrogens with zero attached hydrogens (tertiary/aromatic N) is 1. The van der Waals surface area contributed by atoms with Crippen LogP contribution in [0.5, 0.6) is 0 Å². The number of amides is 1. The van der Waals surface area contributed by atoms with Gasteiger partial charge in [0.15, 0.2) is 0 Å². The summed E-state index contributed by atoms with van der Waals surface area (Å²) < 4.78 is 49.3. The van der Waals surface area contributed by atoms with Crippen LogP contribution in [0.4, 0.5) is 28.9 Å². The van der Waals surface area contributed by atoms with E-state index in [1.807, 2.05) is 0 Å². The lowest BCUT2D eigenvalue weighted by atomic mass is 10.1. The zero-order valence-electron chi connectivity index (χ0n) is 10.3. The summed E-state index contributed by atoms with van der Waals surface area (Å²) in [4.78, 5) is 21.5. The number of hydrogen-bond acceptors (Lipinski definition) is 5. The van der Waals surface area contributed by atoms with Crippen LogP contribution in [0.1, 0.15) is 10.4 Å². The molecule has 0 aliphatic heterocycles. The summed E-state index contributed by atoms with van der Waals surface area (Å²) in [5.41, 5.74) is 0.954. The molecule has 11 heteroatoms. The number of rotatable bonds is 6. The molecule has 0 radical (unpaired) electrons. The summed E-state index contributed by atoms with van der Waals surface area (Å²) in [6, 6.07) is 3.05. The molecule has 0 aromatic heterocycles. The van der Waals surface area contributed by atoms with Crippen molar-refractivity contribution in [2.24, 2.45) is 5.84 Å². The number of carbonyl (C=O) groups is 1. The second-order valence-corrected chi connectivity index (χ2v) is 3.88. The molecule has 7 nitrogen and oxygen atoms in total. The second kappa shape index (κ2) is 6.35. The molecule has 0 bridgehead atoms. The zero-order chi connectivity index (χ0) is 16.2. The van der Waals surface area contributed by atoms with Crippen LogP contribution in [0, 0.1) is 10.1 Å². The quantitative estimate of drug-likeness (QED) is 0.319. The zero-order valence-corrected chi connectivity index (χ0v) is 10.3. The Morgan fingerprint density at radius 2 is 2.05 bits per heavy atom. The average molecular weight is 310 g/mol. The Hall–Kier alpha value is -2.43. The Balaban J connectivity index is 2.98. The highest BCUT2D eigenvalue weighted by molar-refractivity contribution is 5.99. The molecule has 0 saturated carbocycles. The number of nitrogen functional groups attached to an aromatic ring is 1. The van der Waals surface area contributed by atoms with Crippen LogP contribution in [-0.4, -0.2) is 29.7 Å². The maximum atomic E-state index is 12.7. The van der Waals surface area contributed by atoms with Gasteiger partial charge >= 0.3 is 12.3 Å². The SMILES string of the molecule is NNc1ccc([N+](=O)[O-])c(C(=O)NCC(F)(F)C(F)F)c1. The molecule has 0 unspecified atom stereocenters. The fourth-order valence-electron chi connectivity index (χ4n) is 1.34. The van der Waals surface area contributed by atoms with Gasteiger partial charge < -0.3 is 10.7 Å². The lowest BCUT2D eigenvalue weighted by Gasteiger charge is -2.15. The van der Waals surface area contributed by atoms with E-state index in [4.69, 9.17) is 5.84 Å². The number of nitro groups is 1. The number of carbonyl (C=O) groups excluding carboxylic acids is 1. The van der Waals surface area contributed by atoms with Crippen molar-refractivity contribution >= 4 is 17.3 Å². The smallest absolute Gasteiger partial charge is 0.324 e. The maximum absolute atomic E-state index is 12.7. The number of alkyl halides is 4. The third kappa shape index (κ3) is 4.02. The van der Waals surface area contributed by atoms with E-state index in [2.05, 4.69) is 5.43 Å². The number of nitrogens with two attached hydrogens (primary N) is 1.